The summed E-state index contributed by atoms with van der Waals surface area (Å²) in [5.74, 6) is 0.869. The van der Waals surface area contributed by atoms with Gasteiger partial charge in [0.1, 0.15) is 5.69 Å². The first-order chi connectivity index (χ1) is 8.83. The van der Waals surface area contributed by atoms with Crippen LogP contribution >= 0.6 is 0 Å². The minimum absolute atomic E-state index is 0.869. The fraction of sp³-hybridized carbons (Fsp3) is 0.357. The summed E-state index contributed by atoms with van der Waals surface area (Å²) in [6, 6.07) is 10.3. The van der Waals surface area contributed by atoms with Crippen LogP contribution in [-0.4, -0.2) is 31.3 Å². The monoisotopic (exact) mass is 243 g/mol. The van der Waals surface area contributed by atoms with Gasteiger partial charge in [-0.2, -0.15) is 0 Å². The van der Waals surface area contributed by atoms with Crippen LogP contribution in [0.1, 0.15) is 5.56 Å². The largest absolute Gasteiger partial charge is 0.338 e. The number of rotatable bonds is 2. The van der Waals surface area contributed by atoms with Crippen molar-refractivity contribution in [2.45, 2.75) is 6.92 Å². The Kier molecular flexibility index (Phi) is 3.02. The van der Waals surface area contributed by atoms with Crippen molar-refractivity contribution >= 4 is 5.88 Å². The zero-order chi connectivity index (χ0) is 12.4. The Labute approximate surface area is 107 Å². The van der Waals surface area contributed by atoms with Crippen LogP contribution in [0.3, 0.4) is 0 Å². The minimum Gasteiger partial charge on any atom is -0.338 e. The third kappa shape index (κ3) is 2.24. The molecule has 0 unspecified atom stereocenters. The lowest BCUT2D eigenvalue weighted by atomic mass is 10.1. The van der Waals surface area contributed by atoms with Gasteiger partial charge in [-0.3, -0.25) is 0 Å². The molecular formula is C14H17N3O. The predicted octanol–water partition coefficient (Wildman–Crippen LogP) is 2.06. The van der Waals surface area contributed by atoms with Gasteiger partial charge in [-0.15, -0.1) is 0 Å². The molecule has 1 aromatic heterocycles. The maximum Gasteiger partial charge on any atom is 0.227 e. The number of aryl methyl sites for hydroxylation is 1. The lowest BCUT2D eigenvalue weighted by Crippen LogP contribution is -2.43. The lowest BCUT2D eigenvalue weighted by molar-refractivity contribution is 0.409. The van der Waals surface area contributed by atoms with E-state index in [9.17, 15) is 0 Å². The lowest BCUT2D eigenvalue weighted by Gasteiger charge is -2.25. The highest BCUT2D eigenvalue weighted by Crippen LogP contribution is 2.24. The smallest absolute Gasteiger partial charge is 0.227 e. The van der Waals surface area contributed by atoms with Crippen LogP contribution in [0, 0.1) is 6.92 Å². The van der Waals surface area contributed by atoms with E-state index in [0.717, 1.165) is 43.3 Å². The summed E-state index contributed by atoms with van der Waals surface area (Å²) in [6.45, 7) is 6.03. The summed E-state index contributed by atoms with van der Waals surface area (Å²) in [4.78, 5) is 2.22. The molecule has 1 N–H and O–H groups in total. The molecule has 94 valence electrons. The molecule has 18 heavy (non-hydrogen) atoms. The summed E-state index contributed by atoms with van der Waals surface area (Å²) >= 11 is 0. The minimum atomic E-state index is 0.869. The van der Waals surface area contributed by atoms with E-state index in [1.807, 2.05) is 12.1 Å². The highest BCUT2D eigenvalue weighted by molar-refractivity contribution is 5.62. The summed E-state index contributed by atoms with van der Waals surface area (Å²) in [5.41, 5.74) is 3.26. The van der Waals surface area contributed by atoms with Gasteiger partial charge >= 0.3 is 0 Å². The molecule has 2 aromatic rings. The zero-order valence-electron chi connectivity index (χ0n) is 10.5. The molecular weight excluding hydrogens is 226 g/mol. The van der Waals surface area contributed by atoms with Crippen LogP contribution in [0.25, 0.3) is 11.3 Å². The molecule has 4 heteroatoms. The van der Waals surface area contributed by atoms with Crippen molar-refractivity contribution in [3.63, 3.8) is 0 Å². The Hall–Kier alpha value is -1.81. The Bertz CT molecular complexity index is 529. The van der Waals surface area contributed by atoms with Crippen LogP contribution in [0.15, 0.2) is 34.9 Å². The van der Waals surface area contributed by atoms with Gasteiger partial charge in [-0.1, -0.05) is 28.9 Å². The first-order valence-corrected chi connectivity index (χ1v) is 6.32. The highest BCUT2D eigenvalue weighted by atomic mass is 16.5. The van der Waals surface area contributed by atoms with Crippen molar-refractivity contribution in [1.29, 1.82) is 0 Å². The van der Waals surface area contributed by atoms with E-state index in [0.29, 0.717) is 0 Å². The van der Waals surface area contributed by atoms with Gasteiger partial charge in [-0.25, -0.2) is 0 Å². The van der Waals surface area contributed by atoms with Gasteiger partial charge in [0, 0.05) is 37.8 Å². The van der Waals surface area contributed by atoms with Gasteiger partial charge in [0.2, 0.25) is 5.88 Å². The molecule has 1 aliphatic rings. The molecule has 0 radical (unpaired) electrons. The number of aromatic nitrogens is 1. The number of nitrogens with one attached hydrogen (secondary N) is 1. The van der Waals surface area contributed by atoms with E-state index < -0.39 is 0 Å². The van der Waals surface area contributed by atoms with Crippen molar-refractivity contribution in [1.82, 2.24) is 10.5 Å². The second kappa shape index (κ2) is 4.82. The fourth-order valence-electron chi connectivity index (χ4n) is 2.24. The Morgan fingerprint density at radius 3 is 2.83 bits per heavy atom. The van der Waals surface area contributed by atoms with E-state index in [2.05, 4.69) is 40.5 Å². The molecule has 2 heterocycles. The van der Waals surface area contributed by atoms with E-state index in [1.54, 1.807) is 0 Å². The molecule has 1 aromatic carbocycles. The van der Waals surface area contributed by atoms with Crippen molar-refractivity contribution in [3.05, 3.63) is 35.9 Å². The normalized spacial score (nSPS) is 15.9. The fourth-order valence-corrected chi connectivity index (χ4v) is 2.24. The average molecular weight is 243 g/mol. The van der Waals surface area contributed by atoms with Gasteiger partial charge < -0.3 is 14.7 Å². The van der Waals surface area contributed by atoms with Crippen LogP contribution < -0.4 is 10.2 Å². The molecule has 1 fully saturated rings. The second-order valence-electron chi connectivity index (χ2n) is 4.66. The highest BCUT2D eigenvalue weighted by Gasteiger charge is 2.15. The summed E-state index contributed by atoms with van der Waals surface area (Å²) in [5, 5.41) is 7.49. The maximum absolute atomic E-state index is 5.45. The standard InChI is InChI=1S/C14H17N3O/c1-11-3-2-4-12(9-11)13-10-14(18-16-13)17-7-5-15-6-8-17/h2-4,9-10,15H,5-8H2,1H3. The molecule has 4 nitrogen and oxygen atoms in total. The van der Waals surface area contributed by atoms with E-state index in [1.165, 1.54) is 5.56 Å². The molecule has 0 atom stereocenters. The summed E-state index contributed by atoms with van der Waals surface area (Å²) < 4.78 is 5.45. The first-order valence-electron chi connectivity index (χ1n) is 6.32. The molecule has 0 spiro atoms. The van der Waals surface area contributed by atoms with Crippen LogP contribution in [0.4, 0.5) is 5.88 Å². The van der Waals surface area contributed by atoms with Crippen molar-refractivity contribution in [3.8, 4) is 11.3 Å². The number of hydrogen-bond acceptors (Lipinski definition) is 4. The maximum atomic E-state index is 5.45. The van der Waals surface area contributed by atoms with E-state index in [4.69, 9.17) is 4.52 Å². The van der Waals surface area contributed by atoms with Gasteiger partial charge in [-0.05, 0) is 13.0 Å². The number of anilines is 1. The van der Waals surface area contributed by atoms with Crippen LogP contribution in [-0.2, 0) is 0 Å². The molecule has 1 saturated heterocycles. The van der Waals surface area contributed by atoms with Crippen LogP contribution in [0.5, 0.6) is 0 Å². The van der Waals surface area contributed by atoms with Gasteiger partial charge in [0.15, 0.2) is 0 Å². The predicted molar refractivity (Wildman–Crippen MR) is 71.8 cm³/mol. The number of benzene rings is 1. The Morgan fingerprint density at radius 2 is 2.06 bits per heavy atom. The topological polar surface area (TPSA) is 41.3 Å². The van der Waals surface area contributed by atoms with E-state index in [-0.39, 0.29) is 0 Å². The van der Waals surface area contributed by atoms with Gasteiger partial charge in [0.05, 0.1) is 0 Å². The molecule has 0 saturated carbocycles. The molecule has 1 aliphatic heterocycles. The third-order valence-corrected chi connectivity index (χ3v) is 3.24. The van der Waals surface area contributed by atoms with Crippen molar-refractivity contribution in [2.24, 2.45) is 0 Å². The third-order valence-electron chi connectivity index (χ3n) is 3.24. The molecule has 3 rings (SSSR count). The van der Waals surface area contributed by atoms with Crippen LogP contribution in [0.2, 0.25) is 0 Å². The SMILES string of the molecule is Cc1cccc(-c2cc(N3CCNCC3)on2)c1. The summed E-state index contributed by atoms with van der Waals surface area (Å²) in [6.07, 6.45) is 0. The second-order valence-corrected chi connectivity index (χ2v) is 4.66. The number of hydrogen-bond donors (Lipinski definition) is 1. The molecule has 0 bridgehead atoms. The quantitative estimate of drug-likeness (QED) is 0.876. The Balaban J connectivity index is 1.84. The number of nitrogens with zero attached hydrogens (tertiary/aromatic N) is 2. The van der Waals surface area contributed by atoms with Crippen molar-refractivity contribution < 1.29 is 4.52 Å². The molecule has 0 aliphatic carbocycles. The van der Waals surface area contributed by atoms with Gasteiger partial charge in [0.25, 0.3) is 0 Å². The number of piperazine rings is 1. The first kappa shape index (κ1) is 11.3. The Morgan fingerprint density at radius 1 is 1.22 bits per heavy atom. The summed E-state index contributed by atoms with van der Waals surface area (Å²) in [7, 11) is 0. The van der Waals surface area contributed by atoms with Crippen molar-refractivity contribution in [2.75, 3.05) is 31.1 Å². The average Bonchev–Trinajstić information content (AvgIpc) is 2.89. The zero-order valence-corrected chi connectivity index (χ0v) is 10.5. The molecule has 0 amide bonds. The van der Waals surface area contributed by atoms with E-state index >= 15 is 0 Å².